The van der Waals surface area contributed by atoms with Crippen LogP contribution in [0.15, 0.2) is 0 Å². The Bertz CT molecular complexity index is 420. The highest BCUT2D eigenvalue weighted by Crippen LogP contribution is 2.52. The second-order valence-corrected chi connectivity index (χ2v) is 7.15. The van der Waals surface area contributed by atoms with Crippen molar-refractivity contribution < 1.29 is 24.5 Å². The molecule has 5 unspecified atom stereocenters. The van der Waals surface area contributed by atoms with Crippen LogP contribution in [0.3, 0.4) is 0 Å². The fourth-order valence-corrected chi connectivity index (χ4v) is 4.20. The molecule has 0 aliphatic carbocycles. The number of amides is 1. The number of rotatable bonds is 5. The van der Waals surface area contributed by atoms with E-state index < -0.39 is 22.3 Å². The zero-order chi connectivity index (χ0) is 17.4. The highest BCUT2D eigenvalue weighted by atomic mass is 16.6. The van der Waals surface area contributed by atoms with Gasteiger partial charge in [0.05, 0.1) is 30.0 Å². The third-order valence-corrected chi connectivity index (χ3v) is 5.51. The number of aliphatic hydroxyl groups excluding tert-OH is 1. The molecule has 3 N–H and O–H groups in total. The van der Waals surface area contributed by atoms with Crippen LogP contribution in [0, 0.1) is 5.92 Å². The Morgan fingerprint density at radius 3 is 2.23 bits per heavy atom. The van der Waals surface area contributed by atoms with Gasteiger partial charge in [0.1, 0.15) is 5.60 Å². The Labute approximate surface area is 133 Å². The van der Waals surface area contributed by atoms with E-state index in [2.05, 4.69) is 5.32 Å². The number of nitrogens with one attached hydrogen (secondary N) is 1. The Balaban J connectivity index is 3.52. The minimum atomic E-state index is -1.30. The zero-order valence-electron chi connectivity index (χ0n) is 14.8. The third-order valence-electron chi connectivity index (χ3n) is 5.51. The van der Waals surface area contributed by atoms with Gasteiger partial charge in [-0.1, -0.05) is 6.92 Å². The standard InChI is InChI=1S/C16H31NO5/c1-8-12-13(3,9-18)22-14(4,10-21-7)16(6,15(12,5)20)17-11(2)19/h12,18,20H,8-10H2,1-7H3,(H,17,19). The molecule has 1 saturated heterocycles. The van der Waals surface area contributed by atoms with E-state index in [1.165, 1.54) is 6.92 Å². The SMILES string of the molecule is CCC1C(C)(CO)OC(C)(COC)C(C)(NC(C)=O)C1(C)O. The van der Waals surface area contributed by atoms with E-state index in [1.54, 1.807) is 34.8 Å². The fourth-order valence-electron chi connectivity index (χ4n) is 4.20. The maximum atomic E-state index is 11.8. The molecular weight excluding hydrogens is 286 g/mol. The van der Waals surface area contributed by atoms with E-state index in [0.29, 0.717) is 6.42 Å². The van der Waals surface area contributed by atoms with Crippen LogP contribution in [0.1, 0.15) is 48.0 Å². The van der Waals surface area contributed by atoms with Crippen LogP contribution in [-0.2, 0) is 14.3 Å². The number of hydrogen-bond donors (Lipinski definition) is 3. The van der Waals surface area contributed by atoms with Crippen LogP contribution in [0.4, 0.5) is 0 Å². The van der Waals surface area contributed by atoms with Crippen molar-refractivity contribution in [1.82, 2.24) is 5.32 Å². The van der Waals surface area contributed by atoms with E-state index in [1.807, 2.05) is 6.92 Å². The minimum Gasteiger partial charge on any atom is -0.393 e. The predicted octanol–water partition coefficient (Wildman–Crippen LogP) is 0.845. The Morgan fingerprint density at radius 2 is 1.86 bits per heavy atom. The first-order valence-corrected chi connectivity index (χ1v) is 7.75. The molecule has 5 atom stereocenters. The summed E-state index contributed by atoms with van der Waals surface area (Å²) in [6, 6.07) is 0. The van der Waals surface area contributed by atoms with Crippen molar-refractivity contribution in [2.75, 3.05) is 20.3 Å². The first-order chi connectivity index (χ1) is 9.94. The molecule has 0 saturated carbocycles. The van der Waals surface area contributed by atoms with Crippen molar-refractivity contribution in [2.45, 2.75) is 70.3 Å². The van der Waals surface area contributed by atoms with E-state index in [4.69, 9.17) is 9.47 Å². The van der Waals surface area contributed by atoms with Crippen LogP contribution < -0.4 is 5.32 Å². The smallest absolute Gasteiger partial charge is 0.217 e. The van der Waals surface area contributed by atoms with E-state index in [0.717, 1.165) is 0 Å². The number of methoxy groups -OCH3 is 1. The molecule has 1 aliphatic heterocycles. The van der Waals surface area contributed by atoms with Gasteiger partial charge in [0.2, 0.25) is 5.91 Å². The van der Waals surface area contributed by atoms with Gasteiger partial charge in [0.15, 0.2) is 0 Å². The summed E-state index contributed by atoms with van der Waals surface area (Å²) in [5.41, 5.74) is -4.29. The predicted molar refractivity (Wildman–Crippen MR) is 83.5 cm³/mol. The molecule has 1 aliphatic rings. The van der Waals surface area contributed by atoms with Gasteiger partial charge < -0.3 is 25.0 Å². The number of ether oxygens (including phenoxy) is 2. The van der Waals surface area contributed by atoms with Crippen molar-refractivity contribution in [2.24, 2.45) is 5.92 Å². The molecule has 1 fully saturated rings. The van der Waals surface area contributed by atoms with Crippen LogP contribution >= 0.6 is 0 Å². The summed E-state index contributed by atoms with van der Waals surface area (Å²) < 4.78 is 11.5. The summed E-state index contributed by atoms with van der Waals surface area (Å²) in [5.74, 6) is -0.608. The topological polar surface area (TPSA) is 88.0 Å². The molecular formula is C16H31NO5. The van der Waals surface area contributed by atoms with Crippen molar-refractivity contribution in [1.29, 1.82) is 0 Å². The molecule has 0 bridgehead atoms. The quantitative estimate of drug-likeness (QED) is 0.699. The second-order valence-electron chi connectivity index (χ2n) is 7.15. The van der Waals surface area contributed by atoms with Crippen molar-refractivity contribution in [3.05, 3.63) is 0 Å². The molecule has 1 rings (SSSR count). The Kier molecular flexibility index (Phi) is 5.34. The van der Waals surface area contributed by atoms with Gasteiger partial charge in [0, 0.05) is 20.0 Å². The Hall–Kier alpha value is -0.690. The molecule has 0 aromatic rings. The van der Waals surface area contributed by atoms with Gasteiger partial charge in [-0.3, -0.25) is 4.79 Å². The lowest BCUT2D eigenvalue weighted by Crippen LogP contribution is -2.83. The van der Waals surface area contributed by atoms with Crippen LogP contribution in [0.2, 0.25) is 0 Å². The lowest BCUT2D eigenvalue weighted by molar-refractivity contribution is -0.324. The van der Waals surface area contributed by atoms with E-state index in [9.17, 15) is 15.0 Å². The lowest BCUT2D eigenvalue weighted by atomic mass is 9.58. The van der Waals surface area contributed by atoms with Gasteiger partial charge in [-0.2, -0.15) is 0 Å². The summed E-state index contributed by atoms with van der Waals surface area (Å²) >= 11 is 0. The summed E-state index contributed by atoms with van der Waals surface area (Å²) in [4.78, 5) is 11.8. The van der Waals surface area contributed by atoms with Gasteiger partial charge in [-0.05, 0) is 34.1 Å². The highest BCUT2D eigenvalue weighted by molar-refractivity contribution is 5.74. The van der Waals surface area contributed by atoms with Gasteiger partial charge in [-0.15, -0.1) is 0 Å². The fraction of sp³-hybridized carbons (Fsp3) is 0.938. The Morgan fingerprint density at radius 1 is 1.32 bits per heavy atom. The molecule has 0 aromatic heterocycles. The molecule has 0 radical (unpaired) electrons. The zero-order valence-corrected chi connectivity index (χ0v) is 14.8. The number of carbonyl (C=O) groups excluding carboxylic acids is 1. The first kappa shape index (κ1) is 19.4. The molecule has 0 aromatic carbocycles. The average molecular weight is 317 g/mol. The van der Waals surface area contributed by atoms with Crippen molar-refractivity contribution in [3.63, 3.8) is 0 Å². The molecule has 130 valence electrons. The molecule has 22 heavy (non-hydrogen) atoms. The summed E-state index contributed by atoms with van der Waals surface area (Å²) in [5, 5.41) is 24.1. The highest BCUT2D eigenvalue weighted by Gasteiger charge is 2.68. The lowest BCUT2D eigenvalue weighted by Gasteiger charge is -2.65. The molecule has 6 nitrogen and oxygen atoms in total. The largest absolute Gasteiger partial charge is 0.393 e. The van der Waals surface area contributed by atoms with Gasteiger partial charge >= 0.3 is 0 Å². The number of carbonyl (C=O) groups is 1. The van der Waals surface area contributed by atoms with Gasteiger partial charge in [-0.25, -0.2) is 0 Å². The van der Waals surface area contributed by atoms with E-state index in [-0.39, 0.29) is 25.0 Å². The molecule has 6 heteroatoms. The average Bonchev–Trinajstić information content (AvgIpc) is 2.36. The van der Waals surface area contributed by atoms with Crippen molar-refractivity contribution >= 4 is 5.91 Å². The van der Waals surface area contributed by atoms with Crippen LogP contribution in [0.5, 0.6) is 0 Å². The number of aliphatic hydroxyl groups is 2. The summed E-state index contributed by atoms with van der Waals surface area (Å²) in [6.07, 6.45) is 0.600. The normalized spacial score (nSPS) is 45.6. The van der Waals surface area contributed by atoms with Crippen molar-refractivity contribution in [3.8, 4) is 0 Å². The third kappa shape index (κ3) is 2.66. The molecule has 0 spiro atoms. The first-order valence-electron chi connectivity index (χ1n) is 7.75. The van der Waals surface area contributed by atoms with Gasteiger partial charge in [0.25, 0.3) is 0 Å². The molecule has 1 heterocycles. The number of hydrogen-bond acceptors (Lipinski definition) is 5. The summed E-state index contributed by atoms with van der Waals surface area (Å²) in [7, 11) is 1.54. The maximum absolute atomic E-state index is 11.8. The van der Waals surface area contributed by atoms with Crippen LogP contribution in [0.25, 0.3) is 0 Å². The summed E-state index contributed by atoms with van der Waals surface area (Å²) in [6.45, 7) is 10.3. The monoisotopic (exact) mass is 317 g/mol. The minimum absolute atomic E-state index is 0.173. The molecule has 1 amide bonds. The van der Waals surface area contributed by atoms with E-state index >= 15 is 0 Å². The maximum Gasteiger partial charge on any atom is 0.217 e. The second kappa shape index (κ2) is 6.07. The van der Waals surface area contributed by atoms with Crippen LogP contribution in [-0.4, -0.2) is 58.8 Å².